The lowest BCUT2D eigenvalue weighted by Crippen LogP contribution is -2.33. The van der Waals surface area contributed by atoms with E-state index in [1.54, 1.807) is 11.9 Å². The summed E-state index contributed by atoms with van der Waals surface area (Å²) >= 11 is 0. The molecule has 1 unspecified atom stereocenters. The minimum Gasteiger partial charge on any atom is -0.312 e. The van der Waals surface area contributed by atoms with E-state index in [2.05, 4.69) is 11.4 Å². The molecule has 0 amide bonds. The fourth-order valence-corrected chi connectivity index (χ4v) is 2.20. The molecule has 114 valence electrons. The molecule has 1 N–H and O–H groups in total. The van der Waals surface area contributed by atoms with Crippen LogP contribution in [0.3, 0.4) is 0 Å². The van der Waals surface area contributed by atoms with Crippen molar-refractivity contribution in [3.05, 3.63) is 34.9 Å². The molecule has 1 aromatic carbocycles. The van der Waals surface area contributed by atoms with Crippen LogP contribution in [0.5, 0.6) is 0 Å². The number of aryl methyl sites for hydroxylation is 2. The van der Waals surface area contributed by atoms with Crippen molar-refractivity contribution >= 4 is 0 Å². The molecule has 0 saturated heterocycles. The second-order valence-electron chi connectivity index (χ2n) is 5.33. The number of nitrogens with one attached hydrogen (secondary N) is 1. The van der Waals surface area contributed by atoms with E-state index in [0.29, 0.717) is 6.54 Å². The Morgan fingerprint density at radius 3 is 2.45 bits per heavy atom. The molecule has 1 aromatic rings. The number of likely N-dealkylation sites (N-methyl/N-ethyl adjacent to an activating group) is 2. The fraction of sp³-hybridized carbons (Fsp3) is 0.600. The van der Waals surface area contributed by atoms with Gasteiger partial charge in [0.15, 0.2) is 0 Å². The Labute approximate surface area is 119 Å². The van der Waals surface area contributed by atoms with Gasteiger partial charge in [0.25, 0.3) is 0 Å². The first kappa shape index (κ1) is 17.0. The van der Waals surface area contributed by atoms with Crippen molar-refractivity contribution in [1.29, 1.82) is 0 Å². The van der Waals surface area contributed by atoms with Gasteiger partial charge in [0.1, 0.15) is 0 Å². The van der Waals surface area contributed by atoms with Gasteiger partial charge in [-0.3, -0.25) is 0 Å². The van der Waals surface area contributed by atoms with Crippen LogP contribution >= 0.6 is 0 Å². The van der Waals surface area contributed by atoms with Gasteiger partial charge in [0.2, 0.25) is 0 Å². The molecule has 0 saturated carbocycles. The highest BCUT2D eigenvalue weighted by atomic mass is 19.4. The topological polar surface area (TPSA) is 15.3 Å². The largest absolute Gasteiger partial charge is 0.390 e. The van der Waals surface area contributed by atoms with Gasteiger partial charge in [-0.1, -0.05) is 23.8 Å². The third-order valence-electron chi connectivity index (χ3n) is 3.43. The quantitative estimate of drug-likeness (QED) is 0.862. The standard InChI is InChI=1S/C15H23F3N2/c1-11-5-6-12(2)13(9-11)14(19-3)10-20(4)8-7-15(16,17)18/h5-6,9,14,19H,7-8,10H2,1-4H3. The molecule has 2 nitrogen and oxygen atoms in total. The molecule has 0 aliphatic rings. The summed E-state index contributed by atoms with van der Waals surface area (Å²) in [5, 5.41) is 3.19. The summed E-state index contributed by atoms with van der Waals surface area (Å²) in [6.45, 7) is 4.61. The number of hydrogen-bond acceptors (Lipinski definition) is 2. The van der Waals surface area contributed by atoms with E-state index in [4.69, 9.17) is 0 Å². The smallest absolute Gasteiger partial charge is 0.312 e. The molecule has 0 aliphatic heterocycles. The Hall–Kier alpha value is -1.07. The predicted molar refractivity (Wildman–Crippen MR) is 75.9 cm³/mol. The number of alkyl halides is 3. The van der Waals surface area contributed by atoms with Crippen LogP contribution in [0.2, 0.25) is 0 Å². The average molecular weight is 288 g/mol. The van der Waals surface area contributed by atoms with E-state index >= 15 is 0 Å². The van der Waals surface area contributed by atoms with Crippen molar-refractivity contribution in [3.63, 3.8) is 0 Å². The summed E-state index contributed by atoms with van der Waals surface area (Å²) in [5.41, 5.74) is 3.45. The van der Waals surface area contributed by atoms with E-state index < -0.39 is 12.6 Å². The molecular weight excluding hydrogens is 265 g/mol. The van der Waals surface area contributed by atoms with Crippen LogP contribution in [0.1, 0.15) is 29.2 Å². The van der Waals surface area contributed by atoms with E-state index in [0.717, 1.165) is 16.7 Å². The van der Waals surface area contributed by atoms with Crippen LogP contribution < -0.4 is 5.32 Å². The highest BCUT2D eigenvalue weighted by Gasteiger charge is 2.27. The molecule has 0 radical (unpaired) electrons. The molecule has 20 heavy (non-hydrogen) atoms. The van der Waals surface area contributed by atoms with Crippen LogP contribution in [0.25, 0.3) is 0 Å². The maximum Gasteiger partial charge on any atom is 0.390 e. The lowest BCUT2D eigenvalue weighted by molar-refractivity contribution is -0.137. The first-order chi connectivity index (χ1) is 9.23. The van der Waals surface area contributed by atoms with Gasteiger partial charge in [-0.05, 0) is 39.1 Å². The molecule has 0 aromatic heterocycles. The number of hydrogen-bond donors (Lipinski definition) is 1. The summed E-state index contributed by atoms with van der Waals surface area (Å²) in [6, 6.07) is 6.21. The first-order valence-corrected chi connectivity index (χ1v) is 6.72. The Kier molecular flexibility index (Phi) is 6.02. The molecule has 5 heteroatoms. The van der Waals surface area contributed by atoms with Crippen LogP contribution in [0, 0.1) is 13.8 Å². The van der Waals surface area contributed by atoms with Crippen molar-refractivity contribution in [1.82, 2.24) is 10.2 Å². The van der Waals surface area contributed by atoms with Gasteiger partial charge >= 0.3 is 6.18 Å². The third-order valence-corrected chi connectivity index (χ3v) is 3.43. The molecule has 0 heterocycles. The number of rotatable bonds is 6. The number of nitrogens with zero attached hydrogens (tertiary/aromatic N) is 1. The third kappa shape index (κ3) is 5.51. The number of halogens is 3. The zero-order chi connectivity index (χ0) is 15.3. The van der Waals surface area contributed by atoms with Crippen molar-refractivity contribution < 1.29 is 13.2 Å². The average Bonchev–Trinajstić information content (AvgIpc) is 2.36. The Morgan fingerprint density at radius 1 is 1.25 bits per heavy atom. The zero-order valence-corrected chi connectivity index (χ0v) is 12.5. The van der Waals surface area contributed by atoms with Crippen molar-refractivity contribution in [2.45, 2.75) is 32.5 Å². The normalized spacial score (nSPS) is 13.8. The van der Waals surface area contributed by atoms with Gasteiger partial charge in [-0.25, -0.2) is 0 Å². The number of benzene rings is 1. The van der Waals surface area contributed by atoms with Gasteiger partial charge in [0, 0.05) is 19.1 Å². The summed E-state index contributed by atoms with van der Waals surface area (Å²) in [7, 11) is 3.56. The maximum absolute atomic E-state index is 12.2. The summed E-state index contributed by atoms with van der Waals surface area (Å²) < 4.78 is 36.7. The monoisotopic (exact) mass is 288 g/mol. The van der Waals surface area contributed by atoms with Gasteiger partial charge in [-0.2, -0.15) is 13.2 Å². The van der Waals surface area contributed by atoms with Gasteiger partial charge < -0.3 is 10.2 Å². The lowest BCUT2D eigenvalue weighted by atomic mass is 9.98. The van der Waals surface area contributed by atoms with Crippen LogP contribution in [-0.2, 0) is 0 Å². The lowest BCUT2D eigenvalue weighted by Gasteiger charge is -2.26. The molecule has 0 aliphatic carbocycles. The molecule has 0 bridgehead atoms. The van der Waals surface area contributed by atoms with Crippen LogP contribution in [0.4, 0.5) is 13.2 Å². The highest BCUT2D eigenvalue weighted by molar-refractivity contribution is 5.33. The predicted octanol–water partition coefficient (Wildman–Crippen LogP) is 3.45. The maximum atomic E-state index is 12.2. The molecular formula is C15H23F3N2. The van der Waals surface area contributed by atoms with E-state index in [-0.39, 0.29) is 12.6 Å². The molecule has 1 rings (SSSR count). The van der Waals surface area contributed by atoms with Crippen LogP contribution in [-0.4, -0.2) is 38.3 Å². The molecule has 1 atom stereocenters. The van der Waals surface area contributed by atoms with E-state index in [9.17, 15) is 13.2 Å². The van der Waals surface area contributed by atoms with Crippen molar-refractivity contribution in [3.8, 4) is 0 Å². The van der Waals surface area contributed by atoms with E-state index in [1.165, 1.54) is 0 Å². The van der Waals surface area contributed by atoms with Crippen molar-refractivity contribution in [2.24, 2.45) is 0 Å². The minimum atomic E-state index is -4.09. The molecule has 0 fully saturated rings. The second kappa shape index (κ2) is 7.09. The zero-order valence-electron chi connectivity index (χ0n) is 12.5. The van der Waals surface area contributed by atoms with Gasteiger partial charge in [0.05, 0.1) is 6.42 Å². The summed E-state index contributed by atoms with van der Waals surface area (Å²) in [6.07, 6.45) is -4.87. The fourth-order valence-electron chi connectivity index (χ4n) is 2.20. The summed E-state index contributed by atoms with van der Waals surface area (Å²) in [5.74, 6) is 0. The Balaban J connectivity index is 2.69. The van der Waals surface area contributed by atoms with E-state index in [1.807, 2.05) is 33.0 Å². The SMILES string of the molecule is CNC(CN(C)CCC(F)(F)F)c1cc(C)ccc1C. The first-order valence-electron chi connectivity index (χ1n) is 6.72. The minimum absolute atomic E-state index is 0.0204. The Morgan fingerprint density at radius 2 is 1.90 bits per heavy atom. The highest BCUT2D eigenvalue weighted by Crippen LogP contribution is 2.22. The second-order valence-corrected chi connectivity index (χ2v) is 5.33. The van der Waals surface area contributed by atoms with Crippen molar-refractivity contribution in [2.75, 3.05) is 27.2 Å². The van der Waals surface area contributed by atoms with Crippen LogP contribution in [0.15, 0.2) is 18.2 Å². The summed E-state index contributed by atoms with van der Waals surface area (Å²) in [4.78, 5) is 1.72. The van der Waals surface area contributed by atoms with Gasteiger partial charge in [-0.15, -0.1) is 0 Å². The Bertz CT molecular complexity index is 430. The molecule has 0 spiro atoms.